The van der Waals surface area contributed by atoms with E-state index in [9.17, 15) is 22.8 Å². The van der Waals surface area contributed by atoms with Crippen LogP contribution in [0.3, 0.4) is 0 Å². The third-order valence-electron chi connectivity index (χ3n) is 5.05. The van der Waals surface area contributed by atoms with E-state index in [0.717, 1.165) is 22.3 Å². The topological polar surface area (TPSA) is 126 Å². The highest BCUT2D eigenvalue weighted by Crippen LogP contribution is 2.34. The van der Waals surface area contributed by atoms with E-state index in [4.69, 9.17) is 5.11 Å². The van der Waals surface area contributed by atoms with Crippen LogP contribution in [0.25, 0.3) is 10.2 Å². The highest BCUT2D eigenvalue weighted by Gasteiger charge is 2.39. The molecule has 1 amide bonds. The Labute approximate surface area is 189 Å². The van der Waals surface area contributed by atoms with Crippen molar-refractivity contribution in [2.45, 2.75) is 45.5 Å². The molecule has 0 atom stereocenters. The number of hydrogen-bond donors (Lipinski definition) is 2. The molecule has 0 saturated heterocycles. The van der Waals surface area contributed by atoms with Crippen LogP contribution in [0, 0.1) is 0 Å². The van der Waals surface area contributed by atoms with Crippen LogP contribution in [0.15, 0.2) is 6.07 Å². The first-order valence-electron chi connectivity index (χ1n) is 10.2. The number of nitrogens with zero attached hydrogens (tertiary/aromatic N) is 6. The standard InChI is InChI=1S/C19H20F3N7O3S/c1-2-3-10-8-11-15(24-14(25-17(11)33-10)16(32)23-5-4-13(30)31)28-6-7-29-12(9-28)26-27-18(29)19(20,21)22/h8H,2-7,9H2,1H3,(H,23,32)(H,30,31). The Morgan fingerprint density at radius 2 is 2.03 bits per heavy atom. The molecule has 4 heterocycles. The summed E-state index contributed by atoms with van der Waals surface area (Å²) in [5, 5.41) is 19.0. The lowest BCUT2D eigenvalue weighted by atomic mass is 10.2. The molecule has 0 aromatic carbocycles. The third-order valence-corrected chi connectivity index (χ3v) is 6.14. The summed E-state index contributed by atoms with van der Waals surface area (Å²) in [6.07, 6.45) is -3.13. The first kappa shape index (κ1) is 22.9. The number of amides is 1. The molecule has 0 aliphatic carbocycles. The number of thiophene rings is 1. The zero-order chi connectivity index (χ0) is 23.8. The summed E-state index contributed by atoms with van der Waals surface area (Å²) >= 11 is 1.42. The molecule has 0 fully saturated rings. The van der Waals surface area contributed by atoms with E-state index in [1.165, 1.54) is 11.3 Å². The van der Waals surface area contributed by atoms with Gasteiger partial charge in [0.05, 0.1) is 18.4 Å². The minimum atomic E-state index is -4.60. The largest absolute Gasteiger partial charge is 0.481 e. The first-order chi connectivity index (χ1) is 15.7. The Bertz CT molecular complexity index is 1210. The summed E-state index contributed by atoms with van der Waals surface area (Å²) in [6, 6.07) is 1.94. The van der Waals surface area contributed by atoms with E-state index < -0.39 is 23.9 Å². The molecule has 0 saturated carbocycles. The van der Waals surface area contributed by atoms with Crippen molar-refractivity contribution in [3.63, 3.8) is 0 Å². The number of alkyl halides is 3. The molecule has 0 radical (unpaired) electrons. The summed E-state index contributed by atoms with van der Waals surface area (Å²) in [4.78, 5) is 35.4. The van der Waals surface area contributed by atoms with Crippen molar-refractivity contribution < 1.29 is 27.9 Å². The Balaban J connectivity index is 1.69. The Hall–Kier alpha value is -3.29. The number of anilines is 1. The predicted octanol–water partition coefficient (Wildman–Crippen LogP) is 2.48. The summed E-state index contributed by atoms with van der Waals surface area (Å²) in [7, 11) is 0. The van der Waals surface area contributed by atoms with E-state index in [1.807, 2.05) is 13.0 Å². The fraction of sp³-hybridized carbons (Fsp3) is 0.474. The van der Waals surface area contributed by atoms with Crippen molar-refractivity contribution in [2.24, 2.45) is 0 Å². The van der Waals surface area contributed by atoms with Gasteiger partial charge in [-0.25, -0.2) is 9.97 Å². The van der Waals surface area contributed by atoms with E-state index >= 15 is 0 Å². The lowest BCUT2D eigenvalue weighted by Crippen LogP contribution is -2.36. The average Bonchev–Trinajstić information content (AvgIpc) is 3.35. The van der Waals surface area contributed by atoms with Crippen LogP contribution in [0.2, 0.25) is 0 Å². The van der Waals surface area contributed by atoms with Gasteiger partial charge in [0, 0.05) is 24.5 Å². The van der Waals surface area contributed by atoms with Gasteiger partial charge in [0.2, 0.25) is 11.6 Å². The lowest BCUT2D eigenvalue weighted by molar-refractivity contribution is -0.147. The molecule has 2 N–H and O–H groups in total. The Morgan fingerprint density at radius 3 is 2.73 bits per heavy atom. The lowest BCUT2D eigenvalue weighted by Gasteiger charge is -2.29. The molecule has 1 aliphatic rings. The number of nitrogens with one attached hydrogen (secondary N) is 1. The summed E-state index contributed by atoms with van der Waals surface area (Å²) < 4.78 is 40.6. The van der Waals surface area contributed by atoms with Gasteiger partial charge >= 0.3 is 12.1 Å². The van der Waals surface area contributed by atoms with E-state index in [0.29, 0.717) is 16.0 Å². The fourth-order valence-electron chi connectivity index (χ4n) is 3.58. The number of carbonyl (C=O) groups excluding carboxylic acids is 1. The smallest absolute Gasteiger partial charge is 0.451 e. The number of aromatic nitrogens is 5. The normalized spacial score (nSPS) is 13.9. The van der Waals surface area contributed by atoms with Crippen molar-refractivity contribution in [1.82, 2.24) is 30.0 Å². The van der Waals surface area contributed by atoms with Crippen LogP contribution in [0.1, 0.15) is 46.9 Å². The van der Waals surface area contributed by atoms with Gasteiger partial charge in [-0.05, 0) is 12.5 Å². The van der Waals surface area contributed by atoms with Gasteiger partial charge in [-0.2, -0.15) is 13.2 Å². The number of hydrogen-bond acceptors (Lipinski definition) is 8. The monoisotopic (exact) mass is 483 g/mol. The number of fused-ring (bicyclic) bond motifs is 2. The van der Waals surface area contributed by atoms with Crippen molar-refractivity contribution in [3.05, 3.63) is 28.4 Å². The second-order valence-electron chi connectivity index (χ2n) is 7.46. The molecular weight excluding hydrogens is 463 g/mol. The van der Waals surface area contributed by atoms with Crippen LogP contribution in [0.4, 0.5) is 19.0 Å². The van der Waals surface area contributed by atoms with Gasteiger partial charge in [-0.3, -0.25) is 9.59 Å². The average molecular weight is 483 g/mol. The first-order valence-corrected chi connectivity index (χ1v) is 11.0. The molecule has 4 rings (SSSR count). The van der Waals surface area contributed by atoms with Gasteiger partial charge in [0.15, 0.2) is 5.82 Å². The summed E-state index contributed by atoms with van der Waals surface area (Å²) in [5.41, 5.74) is 0. The number of halogens is 3. The van der Waals surface area contributed by atoms with Crippen LogP contribution in [-0.2, 0) is 30.5 Å². The van der Waals surface area contributed by atoms with Crippen molar-refractivity contribution in [2.75, 3.05) is 18.0 Å². The number of carboxylic acids is 1. The second-order valence-corrected chi connectivity index (χ2v) is 8.58. The minimum absolute atomic E-state index is 0.00870. The van der Waals surface area contributed by atoms with Crippen molar-refractivity contribution >= 4 is 39.2 Å². The molecule has 33 heavy (non-hydrogen) atoms. The van der Waals surface area contributed by atoms with Crippen LogP contribution >= 0.6 is 11.3 Å². The van der Waals surface area contributed by atoms with Crippen molar-refractivity contribution in [3.8, 4) is 0 Å². The van der Waals surface area contributed by atoms with E-state index in [-0.39, 0.29) is 44.2 Å². The number of aryl methyl sites for hydroxylation is 1. The highest BCUT2D eigenvalue weighted by atomic mass is 32.1. The van der Waals surface area contributed by atoms with Crippen LogP contribution < -0.4 is 10.2 Å². The summed E-state index contributed by atoms with van der Waals surface area (Å²) in [6.45, 7) is 2.21. The Morgan fingerprint density at radius 1 is 1.24 bits per heavy atom. The van der Waals surface area contributed by atoms with Gasteiger partial charge in [0.25, 0.3) is 5.91 Å². The number of rotatable bonds is 7. The molecule has 3 aromatic rings. The predicted molar refractivity (Wildman–Crippen MR) is 112 cm³/mol. The quantitative estimate of drug-likeness (QED) is 0.525. The van der Waals surface area contributed by atoms with Gasteiger partial charge in [-0.15, -0.1) is 21.5 Å². The second kappa shape index (κ2) is 8.92. The summed E-state index contributed by atoms with van der Waals surface area (Å²) in [5.74, 6) is -2.27. The number of carbonyl (C=O) groups is 2. The maximum Gasteiger partial charge on any atom is 0.451 e. The van der Waals surface area contributed by atoms with Gasteiger partial charge in [0.1, 0.15) is 10.6 Å². The number of carboxylic acid groups (broad SMARTS) is 1. The fourth-order valence-corrected chi connectivity index (χ4v) is 4.70. The SMILES string of the molecule is CCCc1cc2c(N3CCn4c(nnc4C(F)(F)F)C3)nc(C(=O)NCCC(=O)O)nc2s1. The zero-order valence-corrected chi connectivity index (χ0v) is 18.3. The van der Waals surface area contributed by atoms with E-state index in [2.05, 4.69) is 25.5 Å². The Kier molecular flexibility index (Phi) is 6.19. The molecule has 3 aromatic heterocycles. The maximum absolute atomic E-state index is 13.2. The van der Waals surface area contributed by atoms with Crippen LogP contribution in [0.5, 0.6) is 0 Å². The molecule has 10 nitrogen and oxygen atoms in total. The number of aliphatic carboxylic acids is 1. The third kappa shape index (κ3) is 4.74. The zero-order valence-electron chi connectivity index (χ0n) is 17.5. The molecule has 0 spiro atoms. The molecular formula is C19H20F3N7O3S. The van der Waals surface area contributed by atoms with Gasteiger partial charge < -0.3 is 19.9 Å². The minimum Gasteiger partial charge on any atom is -0.481 e. The molecule has 1 aliphatic heterocycles. The maximum atomic E-state index is 13.2. The molecule has 14 heteroatoms. The van der Waals surface area contributed by atoms with E-state index in [1.54, 1.807) is 4.90 Å². The van der Waals surface area contributed by atoms with Crippen LogP contribution in [-0.4, -0.2) is 54.8 Å². The van der Waals surface area contributed by atoms with Gasteiger partial charge in [-0.1, -0.05) is 13.3 Å². The molecule has 0 unspecified atom stereocenters. The molecule has 0 bridgehead atoms. The highest BCUT2D eigenvalue weighted by molar-refractivity contribution is 7.18. The molecule has 176 valence electrons. The van der Waals surface area contributed by atoms with Crippen molar-refractivity contribution in [1.29, 1.82) is 0 Å².